The first-order valence-electron chi connectivity index (χ1n) is 8.34. The fraction of sp³-hybridized carbons (Fsp3) is 0.684. The SMILES string of the molecule is CCCNC(CN(C)CC(C)C)c1c(C)cc(C)cc1C. The Morgan fingerprint density at radius 2 is 1.62 bits per heavy atom. The molecule has 21 heavy (non-hydrogen) atoms. The molecular weight excluding hydrogens is 256 g/mol. The molecule has 1 aromatic carbocycles. The van der Waals surface area contributed by atoms with Crippen molar-refractivity contribution in [3.05, 3.63) is 34.4 Å². The molecular formula is C19H34N2. The zero-order chi connectivity index (χ0) is 16.0. The highest BCUT2D eigenvalue weighted by molar-refractivity contribution is 5.39. The molecule has 1 atom stereocenters. The van der Waals surface area contributed by atoms with Gasteiger partial charge in [0, 0.05) is 19.1 Å². The predicted molar refractivity (Wildman–Crippen MR) is 94.0 cm³/mol. The minimum atomic E-state index is 0.425. The maximum Gasteiger partial charge on any atom is 0.0454 e. The molecule has 0 amide bonds. The first-order valence-corrected chi connectivity index (χ1v) is 8.34. The Morgan fingerprint density at radius 3 is 2.10 bits per heavy atom. The lowest BCUT2D eigenvalue weighted by Crippen LogP contribution is -2.36. The average Bonchev–Trinajstić information content (AvgIpc) is 2.33. The van der Waals surface area contributed by atoms with Crippen molar-refractivity contribution in [1.82, 2.24) is 10.2 Å². The smallest absolute Gasteiger partial charge is 0.0454 e. The van der Waals surface area contributed by atoms with E-state index in [2.05, 4.69) is 70.9 Å². The van der Waals surface area contributed by atoms with Crippen molar-refractivity contribution in [1.29, 1.82) is 0 Å². The summed E-state index contributed by atoms with van der Waals surface area (Å²) >= 11 is 0. The van der Waals surface area contributed by atoms with Crippen LogP contribution in [-0.4, -0.2) is 31.6 Å². The number of hydrogen-bond donors (Lipinski definition) is 1. The van der Waals surface area contributed by atoms with Gasteiger partial charge in [0.15, 0.2) is 0 Å². The van der Waals surface area contributed by atoms with E-state index in [1.165, 1.54) is 28.7 Å². The Bertz CT molecular complexity index is 414. The van der Waals surface area contributed by atoms with E-state index in [-0.39, 0.29) is 0 Å². The summed E-state index contributed by atoms with van der Waals surface area (Å²) in [5.41, 5.74) is 5.68. The number of nitrogens with zero attached hydrogens (tertiary/aromatic N) is 1. The molecule has 1 N–H and O–H groups in total. The number of nitrogens with one attached hydrogen (secondary N) is 1. The van der Waals surface area contributed by atoms with Gasteiger partial charge in [-0.3, -0.25) is 0 Å². The Kier molecular flexibility index (Phi) is 7.41. The van der Waals surface area contributed by atoms with Crippen LogP contribution in [-0.2, 0) is 0 Å². The maximum absolute atomic E-state index is 3.75. The van der Waals surface area contributed by atoms with E-state index < -0.39 is 0 Å². The minimum Gasteiger partial charge on any atom is -0.309 e. The maximum atomic E-state index is 3.75. The summed E-state index contributed by atoms with van der Waals surface area (Å²) in [6.07, 6.45) is 1.17. The molecule has 2 nitrogen and oxygen atoms in total. The molecule has 0 aliphatic rings. The number of aryl methyl sites for hydroxylation is 3. The van der Waals surface area contributed by atoms with Gasteiger partial charge in [0.05, 0.1) is 0 Å². The highest BCUT2D eigenvalue weighted by Crippen LogP contribution is 2.24. The summed E-state index contributed by atoms with van der Waals surface area (Å²) in [6.45, 7) is 16.8. The van der Waals surface area contributed by atoms with Gasteiger partial charge in [-0.1, -0.05) is 38.5 Å². The molecule has 120 valence electrons. The van der Waals surface area contributed by atoms with Gasteiger partial charge in [-0.05, 0) is 63.4 Å². The van der Waals surface area contributed by atoms with Crippen molar-refractivity contribution in [3.8, 4) is 0 Å². The van der Waals surface area contributed by atoms with Crippen LogP contribution in [0.15, 0.2) is 12.1 Å². The highest BCUT2D eigenvalue weighted by atomic mass is 15.1. The normalized spacial score (nSPS) is 13.2. The molecule has 0 radical (unpaired) electrons. The number of benzene rings is 1. The van der Waals surface area contributed by atoms with Crippen LogP contribution in [0.1, 0.15) is 55.5 Å². The van der Waals surface area contributed by atoms with Gasteiger partial charge in [-0.2, -0.15) is 0 Å². The molecule has 0 bridgehead atoms. The molecule has 0 saturated heterocycles. The average molecular weight is 290 g/mol. The van der Waals surface area contributed by atoms with Gasteiger partial charge >= 0.3 is 0 Å². The lowest BCUT2D eigenvalue weighted by atomic mass is 9.93. The van der Waals surface area contributed by atoms with Crippen molar-refractivity contribution < 1.29 is 0 Å². The fourth-order valence-electron chi connectivity index (χ4n) is 3.33. The predicted octanol–water partition coefficient (Wildman–Crippen LogP) is 4.24. The summed E-state index contributed by atoms with van der Waals surface area (Å²) in [5, 5.41) is 3.75. The van der Waals surface area contributed by atoms with E-state index in [1.54, 1.807) is 0 Å². The van der Waals surface area contributed by atoms with Gasteiger partial charge in [0.2, 0.25) is 0 Å². The molecule has 0 spiro atoms. The van der Waals surface area contributed by atoms with E-state index >= 15 is 0 Å². The van der Waals surface area contributed by atoms with Gasteiger partial charge in [0.25, 0.3) is 0 Å². The number of rotatable bonds is 8. The monoisotopic (exact) mass is 290 g/mol. The highest BCUT2D eigenvalue weighted by Gasteiger charge is 2.18. The van der Waals surface area contributed by atoms with Crippen LogP contribution in [0, 0.1) is 26.7 Å². The fourth-order valence-corrected chi connectivity index (χ4v) is 3.33. The molecule has 1 unspecified atom stereocenters. The zero-order valence-corrected chi connectivity index (χ0v) is 15.1. The summed E-state index contributed by atoms with van der Waals surface area (Å²) in [7, 11) is 2.24. The summed E-state index contributed by atoms with van der Waals surface area (Å²) in [4.78, 5) is 2.46. The molecule has 1 aromatic rings. The number of hydrogen-bond acceptors (Lipinski definition) is 2. The van der Waals surface area contributed by atoms with E-state index in [0.29, 0.717) is 12.0 Å². The van der Waals surface area contributed by atoms with Gasteiger partial charge in [-0.25, -0.2) is 0 Å². The summed E-state index contributed by atoms with van der Waals surface area (Å²) in [6, 6.07) is 5.05. The first kappa shape index (κ1) is 18.2. The molecule has 0 aliphatic heterocycles. The van der Waals surface area contributed by atoms with Crippen LogP contribution in [0.3, 0.4) is 0 Å². The van der Waals surface area contributed by atoms with E-state index in [0.717, 1.165) is 19.6 Å². The summed E-state index contributed by atoms with van der Waals surface area (Å²) in [5.74, 6) is 0.710. The lowest BCUT2D eigenvalue weighted by Gasteiger charge is -2.29. The van der Waals surface area contributed by atoms with E-state index in [4.69, 9.17) is 0 Å². The van der Waals surface area contributed by atoms with Crippen molar-refractivity contribution >= 4 is 0 Å². The van der Waals surface area contributed by atoms with Crippen LogP contribution in [0.5, 0.6) is 0 Å². The molecule has 0 aliphatic carbocycles. The molecule has 0 fully saturated rings. The summed E-state index contributed by atoms with van der Waals surface area (Å²) < 4.78 is 0. The topological polar surface area (TPSA) is 15.3 Å². The van der Waals surface area contributed by atoms with Crippen LogP contribution in [0.2, 0.25) is 0 Å². The second-order valence-corrected chi connectivity index (χ2v) is 6.93. The Hall–Kier alpha value is -0.860. The first-order chi connectivity index (χ1) is 9.85. The van der Waals surface area contributed by atoms with Crippen molar-refractivity contribution in [2.75, 3.05) is 26.7 Å². The zero-order valence-electron chi connectivity index (χ0n) is 15.1. The number of likely N-dealkylation sites (N-methyl/N-ethyl adjacent to an activating group) is 1. The quantitative estimate of drug-likeness (QED) is 0.770. The van der Waals surface area contributed by atoms with E-state index in [1.807, 2.05) is 0 Å². The third-order valence-corrected chi connectivity index (χ3v) is 3.90. The van der Waals surface area contributed by atoms with Gasteiger partial charge < -0.3 is 10.2 Å². The lowest BCUT2D eigenvalue weighted by molar-refractivity contribution is 0.261. The standard InChI is InChI=1S/C19H34N2/c1-8-9-20-18(13-21(7)12-14(2)3)19-16(5)10-15(4)11-17(19)6/h10-11,14,18,20H,8-9,12-13H2,1-7H3. The van der Waals surface area contributed by atoms with Gasteiger partial charge in [-0.15, -0.1) is 0 Å². The third kappa shape index (κ3) is 5.80. The Balaban J connectivity index is 2.96. The Morgan fingerprint density at radius 1 is 1.05 bits per heavy atom. The van der Waals surface area contributed by atoms with Gasteiger partial charge in [0.1, 0.15) is 0 Å². The Labute approximate surface area is 131 Å². The minimum absolute atomic E-state index is 0.425. The van der Waals surface area contributed by atoms with Crippen LogP contribution >= 0.6 is 0 Å². The second-order valence-electron chi connectivity index (χ2n) is 6.93. The third-order valence-electron chi connectivity index (χ3n) is 3.90. The largest absolute Gasteiger partial charge is 0.309 e. The van der Waals surface area contributed by atoms with Crippen molar-refractivity contribution in [3.63, 3.8) is 0 Å². The van der Waals surface area contributed by atoms with Crippen molar-refractivity contribution in [2.45, 2.75) is 54.0 Å². The molecule has 2 heteroatoms. The molecule has 0 aromatic heterocycles. The molecule has 0 saturated carbocycles. The molecule has 1 rings (SSSR count). The van der Waals surface area contributed by atoms with Crippen molar-refractivity contribution in [2.24, 2.45) is 5.92 Å². The molecule has 0 heterocycles. The van der Waals surface area contributed by atoms with Crippen LogP contribution in [0.25, 0.3) is 0 Å². The van der Waals surface area contributed by atoms with E-state index in [9.17, 15) is 0 Å². The second kappa shape index (κ2) is 8.55. The van der Waals surface area contributed by atoms with Crippen LogP contribution < -0.4 is 5.32 Å². The van der Waals surface area contributed by atoms with Crippen LogP contribution in [0.4, 0.5) is 0 Å².